The summed E-state index contributed by atoms with van der Waals surface area (Å²) in [7, 11) is -3.78. The zero-order chi connectivity index (χ0) is 23.1. The first-order valence-corrected chi connectivity index (χ1v) is 11.9. The third-order valence-electron chi connectivity index (χ3n) is 5.02. The number of hydrogen-bond acceptors (Lipinski definition) is 4. The van der Waals surface area contributed by atoms with Crippen LogP contribution >= 0.6 is 0 Å². The summed E-state index contributed by atoms with van der Waals surface area (Å²) in [6, 6.07) is 20.3. The van der Waals surface area contributed by atoms with Gasteiger partial charge in [-0.05, 0) is 60.9 Å². The summed E-state index contributed by atoms with van der Waals surface area (Å²) in [6.45, 7) is 4.44. The van der Waals surface area contributed by atoms with E-state index in [2.05, 4.69) is 0 Å². The van der Waals surface area contributed by atoms with Gasteiger partial charge in [0.05, 0.1) is 16.1 Å². The molecule has 0 unspecified atom stereocenters. The molecule has 0 saturated carbocycles. The van der Waals surface area contributed by atoms with Crippen LogP contribution in [0, 0.1) is 6.92 Å². The molecule has 0 radical (unpaired) electrons. The second kappa shape index (κ2) is 10.3. The van der Waals surface area contributed by atoms with Gasteiger partial charge in [-0.15, -0.1) is 0 Å². The minimum absolute atomic E-state index is 0.183. The van der Waals surface area contributed by atoms with Crippen LogP contribution in [0.25, 0.3) is 0 Å². The Hall–Kier alpha value is -3.32. The zero-order valence-electron chi connectivity index (χ0n) is 18.2. The fraction of sp³-hybridized carbons (Fsp3) is 0.240. The molecule has 0 aliphatic heterocycles. The third-order valence-corrected chi connectivity index (χ3v) is 6.85. The number of anilines is 1. The van der Waals surface area contributed by atoms with Crippen LogP contribution in [-0.2, 0) is 16.6 Å². The quantitative estimate of drug-likeness (QED) is 0.452. The summed E-state index contributed by atoms with van der Waals surface area (Å²) in [6.07, 6.45) is 1.55. The van der Waals surface area contributed by atoms with Gasteiger partial charge in [0.2, 0.25) is 0 Å². The van der Waals surface area contributed by atoms with E-state index in [0.29, 0.717) is 24.4 Å². The van der Waals surface area contributed by atoms with Gasteiger partial charge >= 0.3 is 5.97 Å². The van der Waals surface area contributed by atoms with Crippen LogP contribution in [0.2, 0.25) is 0 Å². The molecule has 0 aromatic heterocycles. The maximum absolute atomic E-state index is 13.5. The number of hydrogen-bond donors (Lipinski definition) is 1. The van der Waals surface area contributed by atoms with Crippen LogP contribution < -0.4 is 9.04 Å². The zero-order valence-corrected chi connectivity index (χ0v) is 19.0. The van der Waals surface area contributed by atoms with E-state index in [4.69, 9.17) is 9.84 Å². The maximum atomic E-state index is 13.5. The van der Waals surface area contributed by atoms with E-state index >= 15 is 0 Å². The van der Waals surface area contributed by atoms with Gasteiger partial charge in [-0.25, -0.2) is 13.2 Å². The molecule has 0 saturated heterocycles. The normalized spacial score (nSPS) is 11.2. The number of sulfonamides is 1. The second-order valence-corrected chi connectivity index (χ2v) is 9.37. The van der Waals surface area contributed by atoms with Crippen molar-refractivity contribution >= 4 is 21.7 Å². The first kappa shape index (κ1) is 23.3. The average molecular weight is 454 g/mol. The molecule has 32 heavy (non-hydrogen) atoms. The number of benzene rings is 3. The number of unbranched alkanes of at least 4 members (excludes halogenated alkanes) is 1. The van der Waals surface area contributed by atoms with Crippen LogP contribution in [0.5, 0.6) is 5.75 Å². The largest absolute Gasteiger partial charge is 0.487 e. The number of ether oxygens (including phenoxy) is 1. The van der Waals surface area contributed by atoms with Crippen molar-refractivity contribution in [3.63, 3.8) is 0 Å². The minimum atomic E-state index is -3.78. The third kappa shape index (κ3) is 5.48. The number of rotatable bonds is 10. The lowest BCUT2D eigenvalue weighted by atomic mass is 10.1. The Bertz CT molecular complexity index is 1160. The van der Waals surface area contributed by atoms with Crippen LogP contribution in [0.1, 0.15) is 41.3 Å². The summed E-state index contributed by atoms with van der Waals surface area (Å²) >= 11 is 0. The maximum Gasteiger partial charge on any atom is 0.335 e. The van der Waals surface area contributed by atoms with Crippen molar-refractivity contribution in [3.8, 4) is 5.75 Å². The van der Waals surface area contributed by atoms with Crippen LogP contribution in [0.3, 0.4) is 0 Å². The fourth-order valence-corrected chi connectivity index (χ4v) is 4.77. The molecular weight excluding hydrogens is 426 g/mol. The first-order chi connectivity index (χ1) is 15.3. The number of carbonyl (C=O) groups is 1. The van der Waals surface area contributed by atoms with Crippen molar-refractivity contribution in [2.24, 2.45) is 0 Å². The van der Waals surface area contributed by atoms with Gasteiger partial charge in [0.15, 0.2) is 0 Å². The van der Waals surface area contributed by atoms with Gasteiger partial charge in [-0.1, -0.05) is 49.7 Å². The number of aryl methyl sites for hydroxylation is 1. The molecule has 3 rings (SSSR count). The predicted octanol–water partition coefficient (Wildman–Crippen LogP) is 5.27. The van der Waals surface area contributed by atoms with Gasteiger partial charge in [-0.2, -0.15) is 0 Å². The van der Waals surface area contributed by atoms with E-state index in [1.165, 1.54) is 16.4 Å². The van der Waals surface area contributed by atoms with Crippen LogP contribution in [0.4, 0.5) is 5.69 Å². The summed E-state index contributed by atoms with van der Waals surface area (Å²) < 4.78 is 34.4. The Labute approximate surface area is 189 Å². The Kier molecular flexibility index (Phi) is 7.53. The highest BCUT2D eigenvalue weighted by Gasteiger charge is 2.27. The summed E-state index contributed by atoms with van der Waals surface area (Å²) in [5, 5.41) is 9.05. The molecular formula is C25H27NO5S. The van der Waals surface area contributed by atoms with Gasteiger partial charge < -0.3 is 9.84 Å². The average Bonchev–Trinajstić information content (AvgIpc) is 2.79. The Morgan fingerprint density at radius 1 is 1.00 bits per heavy atom. The molecule has 3 aromatic rings. The van der Waals surface area contributed by atoms with Crippen LogP contribution in [0.15, 0.2) is 77.7 Å². The lowest BCUT2D eigenvalue weighted by Crippen LogP contribution is -2.32. The van der Waals surface area contributed by atoms with Gasteiger partial charge in [-0.3, -0.25) is 4.31 Å². The van der Waals surface area contributed by atoms with Crippen molar-refractivity contribution in [1.82, 2.24) is 0 Å². The van der Waals surface area contributed by atoms with Gasteiger partial charge in [0, 0.05) is 6.54 Å². The molecule has 0 aliphatic rings. The number of aromatic carboxylic acids is 1. The Balaban J connectivity index is 1.95. The first-order valence-electron chi connectivity index (χ1n) is 10.5. The SMILES string of the molecule is CCCCN(c1cc(C)ccc1OCc1ccc(C(=O)O)cc1)S(=O)(=O)c1ccccc1. The molecule has 7 heteroatoms. The van der Waals surface area contributed by atoms with Crippen molar-refractivity contribution in [3.05, 3.63) is 89.5 Å². The standard InChI is InChI=1S/C25H27NO5S/c1-3-4-16-26(32(29,30)22-8-6-5-7-9-22)23-17-19(2)10-15-24(23)31-18-20-11-13-21(14-12-20)25(27)28/h5-15,17H,3-4,16,18H2,1-2H3,(H,27,28). The van der Waals surface area contributed by atoms with Crippen molar-refractivity contribution < 1.29 is 23.1 Å². The predicted molar refractivity (Wildman–Crippen MR) is 125 cm³/mol. The highest BCUT2D eigenvalue weighted by atomic mass is 32.2. The van der Waals surface area contributed by atoms with E-state index in [9.17, 15) is 13.2 Å². The van der Waals surface area contributed by atoms with Crippen molar-refractivity contribution in [2.75, 3.05) is 10.8 Å². The minimum Gasteiger partial charge on any atom is -0.487 e. The fourth-order valence-electron chi connectivity index (χ4n) is 3.24. The molecule has 6 nitrogen and oxygen atoms in total. The topological polar surface area (TPSA) is 83.9 Å². The molecule has 0 aliphatic carbocycles. The van der Waals surface area contributed by atoms with Crippen LogP contribution in [-0.4, -0.2) is 26.0 Å². The van der Waals surface area contributed by atoms with E-state index in [1.807, 2.05) is 26.0 Å². The van der Waals surface area contributed by atoms with Crippen molar-refractivity contribution in [1.29, 1.82) is 0 Å². The number of carboxylic acids is 1. The van der Waals surface area contributed by atoms with E-state index < -0.39 is 16.0 Å². The highest BCUT2D eigenvalue weighted by Crippen LogP contribution is 2.34. The van der Waals surface area contributed by atoms with Gasteiger partial charge in [0.25, 0.3) is 10.0 Å². The second-order valence-electron chi connectivity index (χ2n) is 7.51. The van der Waals surface area contributed by atoms with Gasteiger partial charge in [0.1, 0.15) is 12.4 Å². The summed E-state index contributed by atoms with van der Waals surface area (Å²) in [5.74, 6) is -0.538. The number of carboxylic acid groups (broad SMARTS) is 1. The Morgan fingerprint density at radius 3 is 2.31 bits per heavy atom. The molecule has 0 fully saturated rings. The number of nitrogens with zero attached hydrogens (tertiary/aromatic N) is 1. The lowest BCUT2D eigenvalue weighted by molar-refractivity contribution is 0.0697. The molecule has 0 heterocycles. The van der Waals surface area contributed by atoms with Crippen molar-refractivity contribution in [2.45, 2.75) is 38.2 Å². The summed E-state index contributed by atoms with van der Waals surface area (Å²) in [4.78, 5) is 11.3. The monoisotopic (exact) mass is 453 g/mol. The smallest absolute Gasteiger partial charge is 0.335 e. The summed E-state index contributed by atoms with van der Waals surface area (Å²) in [5.41, 5.74) is 2.39. The molecule has 3 aromatic carbocycles. The van der Waals surface area contributed by atoms with E-state index in [1.54, 1.807) is 48.5 Å². The molecule has 168 valence electrons. The molecule has 0 bridgehead atoms. The lowest BCUT2D eigenvalue weighted by Gasteiger charge is -2.27. The van der Waals surface area contributed by atoms with E-state index in [-0.39, 0.29) is 17.1 Å². The Morgan fingerprint density at radius 2 is 1.69 bits per heavy atom. The highest BCUT2D eigenvalue weighted by molar-refractivity contribution is 7.92. The molecule has 1 N–H and O–H groups in total. The molecule has 0 atom stereocenters. The molecule has 0 amide bonds. The molecule has 0 spiro atoms. The van der Waals surface area contributed by atoms with E-state index in [0.717, 1.165) is 17.5 Å².